The zero-order chi connectivity index (χ0) is 34.4. The van der Waals surface area contributed by atoms with Gasteiger partial charge < -0.3 is 18.9 Å². The second kappa shape index (κ2) is 13.5. The van der Waals surface area contributed by atoms with E-state index in [1.165, 1.54) is 21.0 Å². The predicted octanol–water partition coefficient (Wildman–Crippen LogP) is 7.70. The fourth-order valence-corrected chi connectivity index (χ4v) is 11.1. The minimum Gasteiger partial charge on any atom is -0.469 e. The molecule has 8 nitrogen and oxygen atoms in total. The number of ether oxygens (including phenoxy) is 4. The van der Waals surface area contributed by atoms with Crippen molar-refractivity contribution in [3.05, 3.63) is 48.0 Å². The molecule has 2 aromatic carbocycles. The molecule has 8 heteroatoms. The summed E-state index contributed by atoms with van der Waals surface area (Å²) in [6.45, 7) is 9.84. The molecule has 260 valence electrons. The number of fused-ring (bicyclic) bond motifs is 6. The molecule has 4 saturated carbocycles. The summed E-state index contributed by atoms with van der Waals surface area (Å²) in [4.78, 5) is 50.8. The molecule has 0 radical (unpaired) electrons. The van der Waals surface area contributed by atoms with E-state index >= 15 is 0 Å². The first-order valence-corrected chi connectivity index (χ1v) is 18.0. The van der Waals surface area contributed by atoms with Crippen LogP contribution in [0.15, 0.2) is 42.5 Å². The van der Waals surface area contributed by atoms with Crippen molar-refractivity contribution in [2.24, 2.45) is 46.3 Å². The van der Waals surface area contributed by atoms with Gasteiger partial charge in [-0.2, -0.15) is 0 Å². The van der Waals surface area contributed by atoms with E-state index in [1.54, 1.807) is 0 Å². The average Bonchev–Trinajstić information content (AvgIpc) is 3.41. The quantitative estimate of drug-likeness (QED) is 0.210. The number of hydrogen-bond donors (Lipinski definition) is 0. The van der Waals surface area contributed by atoms with Gasteiger partial charge in [-0.15, -0.1) is 0 Å². The van der Waals surface area contributed by atoms with Gasteiger partial charge in [-0.25, -0.2) is 4.79 Å². The molecule has 0 aliphatic heterocycles. The smallest absolute Gasteiger partial charge is 0.338 e. The second-order valence-electron chi connectivity index (χ2n) is 15.7. The maximum Gasteiger partial charge on any atom is 0.338 e. The van der Waals surface area contributed by atoms with Gasteiger partial charge in [0.2, 0.25) is 0 Å². The Kier molecular flexibility index (Phi) is 9.67. The lowest BCUT2D eigenvalue weighted by molar-refractivity contribution is -0.218. The van der Waals surface area contributed by atoms with E-state index in [-0.39, 0.29) is 88.5 Å². The van der Waals surface area contributed by atoms with Crippen LogP contribution in [0.2, 0.25) is 0 Å². The Morgan fingerprint density at radius 1 is 0.854 bits per heavy atom. The molecule has 0 amide bonds. The van der Waals surface area contributed by atoms with Crippen LogP contribution in [0.25, 0.3) is 10.8 Å². The van der Waals surface area contributed by atoms with Gasteiger partial charge in [-0.05, 0) is 109 Å². The lowest BCUT2D eigenvalue weighted by Gasteiger charge is -2.64. The predicted molar refractivity (Wildman–Crippen MR) is 181 cm³/mol. The third-order valence-corrected chi connectivity index (χ3v) is 13.4. The highest BCUT2D eigenvalue weighted by atomic mass is 16.6. The minimum absolute atomic E-state index is 0.0819. The molecule has 0 heterocycles. The van der Waals surface area contributed by atoms with Crippen molar-refractivity contribution < 1.29 is 38.1 Å². The number of hydrogen-bond acceptors (Lipinski definition) is 8. The number of esters is 4. The van der Waals surface area contributed by atoms with Gasteiger partial charge in [0.25, 0.3) is 0 Å². The fraction of sp³-hybridized carbons (Fsp3) is 0.650. The number of carbonyl (C=O) groups is 4. The van der Waals surface area contributed by atoms with Crippen LogP contribution in [0, 0.1) is 46.3 Å². The molecule has 0 N–H and O–H groups in total. The average molecular weight is 661 g/mol. The lowest BCUT2D eigenvalue weighted by atomic mass is 9.43. The van der Waals surface area contributed by atoms with Crippen molar-refractivity contribution in [2.75, 3.05) is 7.11 Å². The molecule has 11 atom stereocenters. The first-order chi connectivity index (χ1) is 22.8. The standard InChI is InChI=1S/C40H52O8/c1-23(11-16-36(43)45-6)31-14-15-32-37-33(22-35(40(31,32)5)47-25(3)42)39(4)18-17-30(46-24(2)41)20-29(39)21-34(37)48-38(44)28-13-12-26-9-7-8-10-27(26)19-28/h7-10,12-13,19,23,29-35,37H,11,14-18,20-22H2,1-6H3/t23-,29-,30-,31-,32+,33+,34-,35+,37+,39+,40-/m1/s1. The molecule has 4 aliphatic carbocycles. The van der Waals surface area contributed by atoms with Crippen LogP contribution in [0.1, 0.15) is 103 Å². The number of benzene rings is 2. The Labute approximate surface area is 284 Å². The molecule has 0 spiro atoms. The SMILES string of the molecule is COC(=O)CC[C@@H](C)[C@H]1CC[C@H]2[C@@H]3[C@H](OC(=O)c4ccc5ccccc5c4)C[C@H]4C[C@H](OC(C)=O)CC[C@]4(C)[C@H]3C[C@H](OC(C)=O)[C@]12C. The van der Waals surface area contributed by atoms with Crippen LogP contribution in [-0.4, -0.2) is 49.3 Å². The molecule has 0 saturated heterocycles. The molecule has 4 aliphatic rings. The Bertz CT molecular complexity index is 1550. The molecular formula is C40H52O8. The zero-order valence-corrected chi connectivity index (χ0v) is 29.4. The van der Waals surface area contributed by atoms with Crippen molar-refractivity contribution >= 4 is 34.6 Å². The summed E-state index contributed by atoms with van der Waals surface area (Å²) >= 11 is 0. The Balaban J connectivity index is 1.37. The minimum atomic E-state index is -0.339. The summed E-state index contributed by atoms with van der Waals surface area (Å²) in [6, 6.07) is 13.7. The Morgan fingerprint density at radius 3 is 2.29 bits per heavy atom. The van der Waals surface area contributed by atoms with Gasteiger partial charge in [-0.3, -0.25) is 14.4 Å². The van der Waals surface area contributed by atoms with Gasteiger partial charge in [0.1, 0.15) is 18.3 Å². The van der Waals surface area contributed by atoms with E-state index in [1.807, 2.05) is 42.5 Å². The third kappa shape index (κ3) is 6.24. The van der Waals surface area contributed by atoms with Crippen LogP contribution in [0.5, 0.6) is 0 Å². The summed E-state index contributed by atoms with van der Waals surface area (Å²) < 4.78 is 23.7. The zero-order valence-electron chi connectivity index (χ0n) is 29.4. The maximum absolute atomic E-state index is 14.0. The molecule has 0 aromatic heterocycles. The first kappa shape index (κ1) is 34.4. The number of carbonyl (C=O) groups excluding carboxylic acids is 4. The summed E-state index contributed by atoms with van der Waals surface area (Å²) in [5.74, 6) is 0.00138. The normalized spacial score (nSPS) is 36.1. The molecule has 6 rings (SSSR count). The van der Waals surface area contributed by atoms with Crippen molar-refractivity contribution in [2.45, 2.75) is 111 Å². The topological polar surface area (TPSA) is 105 Å². The fourth-order valence-electron chi connectivity index (χ4n) is 11.1. The highest BCUT2D eigenvalue weighted by molar-refractivity contribution is 5.95. The number of methoxy groups -OCH3 is 1. The van der Waals surface area contributed by atoms with Gasteiger partial charge in [0, 0.05) is 31.6 Å². The van der Waals surface area contributed by atoms with E-state index < -0.39 is 0 Å². The van der Waals surface area contributed by atoms with Gasteiger partial charge >= 0.3 is 23.9 Å². The Morgan fingerprint density at radius 2 is 1.58 bits per heavy atom. The van der Waals surface area contributed by atoms with Crippen LogP contribution in [0.4, 0.5) is 0 Å². The lowest BCUT2D eigenvalue weighted by Crippen LogP contribution is -2.63. The van der Waals surface area contributed by atoms with Crippen molar-refractivity contribution in [1.29, 1.82) is 0 Å². The molecule has 2 aromatic rings. The highest BCUT2D eigenvalue weighted by Crippen LogP contribution is 2.69. The van der Waals surface area contributed by atoms with Crippen molar-refractivity contribution in [1.82, 2.24) is 0 Å². The summed E-state index contributed by atoms with van der Waals surface area (Å²) in [5, 5.41) is 2.06. The van der Waals surface area contributed by atoms with E-state index in [9.17, 15) is 19.2 Å². The molecule has 48 heavy (non-hydrogen) atoms. The maximum atomic E-state index is 14.0. The molecule has 0 bridgehead atoms. The van der Waals surface area contributed by atoms with Gasteiger partial charge in [0.15, 0.2) is 0 Å². The summed E-state index contributed by atoms with van der Waals surface area (Å²) in [6.07, 6.45) is 6.05. The van der Waals surface area contributed by atoms with Crippen LogP contribution in [-0.2, 0) is 33.3 Å². The van der Waals surface area contributed by atoms with Gasteiger partial charge in [-0.1, -0.05) is 51.1 Å². The Hall–Kier alpha value is -3.42. The van der Waals surface area contributed by atoms with E-state index in [4.69, 9.17) is 18.9 Å². The number of rotatable bonds is 8. The van der Waals surface area contributed by atoms with Crippen LogP contribution in [0.3, 0.4) is 0 Å². The van der Waals surface area contributed by atoms with E-state index in [0.29, 0.717) is 31.2 Å². The van der Waals surface area contributed by atoms with Gasteiger partial charge in [0.05, 0.1) is 12.7 Å². The van der Waals surface area contributed by atoms with E-state index in [2.05, 4.69) is 20.8 Å². The van der Waals surface area contributed by atoms with Crippen LogP contribution < -0.4 is 0 Å². The van der Waals surface area contributed by atoms with E-state index in [0.717, 1.165) is 42.9 Å². The summed E-state index contributed by atoms with van der Waals surface area (Å²) in [7, 11) is 1.42. The second-order valence-corrected chi connectivity index (χ2v) is 15.7. The van der Waals surface area contributed by atoms with Crippen molar-refractivity contribution in [3.8, 4) is 0 Å². The first-order valence-electron chi connectivity index (χ1n) is 18.0. The van der Waals surface area contributed by atoms with Crippen molar-refractivity contribution in [3.63, 3.8) is 0 Å². The summed E-state index contributed by atoms with van der Waals surface area (Å²) in [5.41, 5.74) is 0.118. The largest absolute Gasteiger partial charge is 0.469 e. The van der Waals surface area contributed by atoms with Crippen LogP contribution >= 0.6 is 0 Å². The monoisotopic (exact) mass is 660 g/mol. The highest BCUT2D eigenvalue weighted by Gasteiger charge is 2.67. The molecular weight excluding hydrogens is 608 g/mol. The molecule has 4 fully saturated rings. The molecule has 0 unspecified atom stereocenters. The third-order valence-electron chi connectivity index (χ3n) is 13.4.